The number of halogens is 2. The average Bonchev–Trinajstić information content (AvgIpc) is 2.20. The van der Waals surface area contributed by atoms with Gasteiger partial charge in [0.1, 0.15) is 0 Å². The highest BCUT2D eigenvalue weighted by Crippen LogP contribution is 2.15. The molecule has 0 spiro atoms. The fourth-order valence-electron chi connectivity index (χ4n) is 1.37. The van der Waals surface area contributed by atoms with Crippen molar-refractivity contribution < 1.29 is 8.78 Å². The maximum absolute atomic E-state index is 13.0. The zero-order valence-electron chi connectivity index (χ0n) is 10.1. The van der Waals surface area contributed by atoms with Crippen molar-refractivity contribution in [3.63, 3.8) is 0 Å². The highest BCUT2D eigenvalue weighted by Gasteiger charge is 2.10. The van der Waals surface area contributed by atoms with Gasteiger partial charge in [0.2, 0.25) is 0 Å². The molecule has 0 heterocycles. The Hall–Kier alpha value is -1.23. The SMILES string of the molecule is CC(C)NC(=S)N[C@@H](C)c1ccc(F)c(F)c1. The van der Waals surface area contributed by atoms with E-state index < -0.39 is 11.6 Å². The van der Waals surface area contributed by atoms with Crippen molar-refractivity contribution in [3.8, 4) is 0 Å². The Morgan fingerprint density at radius 3 is 2.29 bits per heavy atom. The van der Waals surface area contributed by atoms with Crippen molar-refractivity contribution in [2.45, 2.75) is 32.9 Å². The predicted molar refractivity (Wildman–Crippen MR) is 68.8 cm³/mol. The van der Waals surface area contributed by atoms with Crippen LogP contribution in [0.4, 0.5) is 8.78 Å². The van der Waals surface area contributed by atoms with Gasteiger partial charge in [-0.3, -0.25) is 0 Å². The molecule has 0 aliphatic rings. The summed E-state index contributed by atoms with van der Waals surface area (Å²) in [5, 5.41) is 6.52. The first-order valence-corrected chi connectivity index (χ1v) is 5.83. The van der Waals surface area contributed by atoms with Gasteiger partial charge >= 0.3 is 0 Å². The Bertz CT molecular complexity index is 407. The summed E-state index contributed by atoms with van der Waals surface area (Å²) in [5.74, 6) is -1.69. The molecule has 0 aliphatic heterocycles. The van der Waals surface area contributed by atoms with Gasteiger partial charge in [-0.25, -0.2) is 8.78 Å². The lowest BCUT2D eigenvalue weighted by molar-refractivity contribution is 0.504. The molecular weight excluding hydrogens is 242 g/mol. The molecule has 17 heavy (non-hydrogen) atoms. The van der Waals surface area contributed by atoms with E-state index in [4.69, 9.17) is 12.2 Å². The molecule has 0 amide bonds. The van der Waals surface area contributed by atoms with E-state index in [2.05, 4.69) is 10.6 Å². The minimum atomic E-state index is -0.848. The summed E-state index contributed by atoms with van der Waals surface area (Å²) < 4.78 is 25.8. The molecular formula is C12H16F2N2S. The summed E-state index contributed by atoms with van der Waals surface area (Å²) in [5.41, 5.74) is 0.650. The number of hydrogen-bond acceptors (Lipinski definition) is 1. The Morgan fingerprint density at radius 1 is 1.12 bits per heavy atom. The van der Waals surface area contributed by atoms with E-state index in [1.54, 1.807) is 0 Å². The van der Waals surface area contributed by atoms with Crippen molar-refractivity contribution in [1.82, 2.24) is 10.6 Å². The number of benzene rings is 1. The van der Waals surface area contributed by atoms with Gasteiger partial charge in [0.15, 0.2) is 16.7 Å². The number of hydrogen-bond donors (Lipinski definition) is 2. The van der Waals surface area contributed by atoms with Gasteiger partial charge in [0.25, 0.3) is 0 Å². The van der Waals surface area contributed by atoms with Crippen molar-refractivity contribution in [1.29, 1.82) is 0 Å². The first-order valence-electron chi connectivity index (χ1n) is 5.42. The van der Waals surface area contributed by atoms with E-state index in [1.807, 2.05) is 20.8 Å². The smallest absolute Gasteiger partial charge is 0.166 e. The van der Waals surface area contributed by atoms with Gasteiger partial charge in [0.05, 0.1) is 6.04 Å². The second-order valence-corrected chi connectivity index (χ2v) is 4.58. The van der Waals surface area contributed by atoms with Crippen LogP contribution in [0.15, 0.2) is 18.2 Å². The van der Waals surface area contributed by atoms with E-state index in [9.17, 15) is 8.78 Å². The Labute approximate surface area is 105 Å². The zero-order chi connectivity index (χ0) is 13.0. The normalized spacial score (nSPS) is 12.4. The van der Waals surface area contributed by atoms with Crippen LogP contribution in [0.25, 0.3) is 0 Å². The fraction of sp³-hybridized carbons (Fsp3) is 0.417. The summed E-state index contributed by atoms with van der Waals surface area (Å²) in [7, 11) is 0. The van der Waals surface area contributed by atoms with Crippen molar-refractivity contribution in [2.24, 2.45) is 0 Å². The second-order valence-electron chi connectivity index (χ2n) is 4.17. The highest BCUT2D eigenvalue weighted by atomic mass is 32.1. The lowest BCUT2D eigenvalue weighted by atomic mass is 10.1. The highest BCUT2D eigenvalue weighted by molar-refractivity contribution is 7.80. The van der Waals surface area contributed by atoms with Crippen LogP contribution in [0.1, 0.15) is 32.4 Å². The van der Waals surface area contributed by atoms with Crippen LogP contribution < -0.4 is 10.6 Å². The number of nitrogens with one attached hydrogen (secondary N) is 2. The predicted octanol–water partition coefficient (Wildman–Crippen LogP) is 2.90. The molecule has 0 bridgehead atoms. The van der Waals surface area contributed by atoms with Crippen molar-refractivity contribution >= 4 is 17.3 Å². The molecule has 94 valence electrons. The van der Waals surface area contributed by atoms with E-state index >= 15 is 0 Å². The van der Waals surface area contributed by atoms with E-state index in [0.717, 1.165) is 6.07 Å². The maximum Gasteiger partial charge on any atom is 0.166 e. The number of rotatable bonds is 3. The van der Waals surface area contributed by atoms with Crippen molar-refractivity contribution in [3.05, 3.63) is 35.4 Å². The number of thiocarbonyl (C=S) groups is 1. The first-order chi connectivity index (χ1) is 7.90. The topological polar surface area (TPSA) is 24.1 Å². The maximum atomic E-state index is 13.0. The third-order valence-electron chi connectivity index (χ3n) is 2.21. The molecule has 1 aromatic carbocycles. The van der Waals surface area contributed by atoms with E-state index in [0.29, 0.717) is 10.7 Å². The molecule has 0 radical (unpaired) electrons. The minimum absolute atomic E-state index is 0.177. The largest absolute Gasteiger partial charge is 0.361 e. The zero-order valence-corrected chi connectivity index (χ0v) is 10.9. The molecule has 0 aromatic heterocycles. The molecule has 0 aliphatic carbocycles. The molecule has 0 saturated carbocycles. The lowest BCUT2D eigenvalue weighted by Gasteiger charge is -2.19. The third kappa shape index (κ3) is 4.26. The fourth-order valence-corrected chi connectivity index (χ4v) is 1.78. The summed E-state index contributed by atoms with van der Waals surface area (Å²) in [6, 6.07) is 3.87. The monoisotopic (exact) mass is 258 g/mol. The Kier molecular flexibility index (Phi) is 4.81. The third-order valence-corrected chi connectivity index (χ3v) is 2.45. The standard InChI is InChI=1S/C12H16F2N2S/c1-7(2)15-12(17)16-8(3)9-4-5-10(13)11(14)6-9/h4-8H,1-3H3,(H2,15,16,17)/t8-/m0/s1. The summed E-state index contributed by atoms with van der Waals surface area (Å²) in [4.78, 5) is 0. The summed E-state index contributed by atoms with van der Waals surface area (Å²) >= 11 is 5.08. The summed E-state index contributed by atoms with van der Waals surface area (Å²) in [6.45, 7) is 5.77. The lowest BCUT2D eigenvalue weighted by Crippen LogP contribution is -2.40. The Morgan fingerprint density at radius 2 is 1.76 bits per heavy atom. The van der Waals surface area contributed by atoms with Crippen LogP contribution in [-0.2, 0) is 0 Å². The van der Waals surface area contributed by atoms with Gasteiger partial charge in [-0.05, 0) is 50.7 Å². The van der Waals surface area contributed by atoms with Crippen LogP contribution in [0, 0.1) is 11.6 Å². The molecule has 0 unspecified atom stereocenters. The van der Waals surface area contributed by atoms with E-state index in [1.165, 1.54) is 12.1 Å². The van der Waals surface area contributed by atoms with Crippen LogP contribution in [0.3, 0.4) is 0 Å². The molecule has 2 nitrogen and oxygen atoms in total. The summed E-state index contributed by atoms with van der Waals surface area (Å²) in [6.07, 6.45) is 0. The van der Waals surface area contributed by atoms with Crippen molar-refractivity contribution in [2.75, 3.05) is 0 Å². The van der Waals surface area contributed by atoms with Crippen LogP contribution in [0.5, 0.6) is 0 Å². The van der Waals surface area contributed by atoms with Crippen LogP contribution in [0.2, 0.25) is 0 Å². The van der Waals surface area contributed by atoms with Gasteiger partial charge in [-0.2, -0.15) is 0 Å². The molecule has 2 N–H and O–H groups in total. The van der Waals surface area contributed by atoms with E-state index in [-0.39, 0.29) is 12.1 Å². The van der Waals surface area contributed by atoms with Crippen LogP contribution in [-0.4, -0.2) is 11.2 Å². The second kappa shape index (κ2) is 5.91. The molecule has 1 aromatic rings. The average molecular weight is 258 g/mol. The van der Waals surface area contributed by atoms with Gasteiger partial charge < -0.3 is 10.6 Å². The molecule has 1 atom stereocenters. The molecule has 0 saturated heterocycles. The Balaban J connectivity index is 2.66. The van der Waals surface area contributed by atoms with Gasteiger partial charge in [0, 0.05) is 6.04 Å². The first kappa shape index (κ1) is 13.8. The molecule has 5 heteroatoms. The van der Waals surface area contributed by atoms with Gasteiger partial charge in [-0.15, -0.1) is 0 Å². The quantitative estimate of drug-likeness (QED) is 0.815. The molecule has 1 rings (SSSR count). The van der Waals surface area contributed by atoms with Gasteiger partial charge in [-0.1, -0.05) is 6.07 Å². The minimum Gasteiger partial charge on any atom is -0.361 e. The van der Waals surface area contributed by atoms with Crippen LogP contribution >= 0.6 is 12.2 Å². The molecule has 0 fully saturated rings.